The highest BCUT2D eigenvalue weighted by Crippen LogP contribution is 2.36. The van der Waals surface area contributed by atoms with Crippen LogP contribution < -0.4 is 9.62 Å². The SMILES string of the molecule is Cc1ccc(C)c(S(=O)(=O)NC[C@@H](c2cccs2)N2CCc3ccccc32)c1. The highest BCUT2D eigenvalue weighted by molar-refractivity contribution is 7.89. The van der Waals surface area contributed by atoms with Gasteiger partial charge in [-0.15, -0.1) is 11.3 Å². The van der Waals surface area contributed by atoms with E-state index in [4.69, 9.17) is 0 Å². The summed E-state index contributed by atoms with van der Waals surface area (Å²) in [5, 5.41) is 2.05. The minimum absolute atomic E-state index is 0.0245. The van der Waals surface area contributed by atoms with Gasteiger partial charge < -0.3 is 4.90 Å². The molecule has 0 radical (unpaired) electrons. The van der Waals surface area contributed by atoms with Crippen molar-refractivity contribution < 1.29 is 8.42 Å². The number of anilines is 1. The van der Waals surface area contributed by atoms with Gasteiger partial charge in [0.1, 0.15) is 0 Å². The molecule has 1 aromatic heterocycles. The van der Waals surface area contributed by atoms with Gasteiger partial charge in [-0.1, -0.05) is 36.4 Å². The van der Waals surface area contributed by atoms with Crippen LogP contribution in [0.3, 0.4) is 0 Å². The van der Waals surface area contributed by atoms with E-state index in [0.29, 0.717) is 11.4 Å². The van der Waals surface area contributed by atoms with E-state index < -0.39 is 10.0 Å². The van der Waals surface area contributed by atoms with Gasteiger partial charge in [-0.3, -0.25) is 0 Å². The largest absolute Gasteiger partial charge is 0.362 e. The predicted octanol–water partition coefficient (Wildman–Crippen LogP) is 4.45. The monoisotopic (exact) mass is 412 g/mol. The second kappa shape index (κ2) is 7.70. The van der Waals surface area contributed by atoms with Crippen molar-refractivity contribution >= 4 is 27.0 Å². The molecule has 0 aliphatic carbocycles. The zero-order valence-electron chi connectivity index (χ0n) is 16.1. The Hall–Kier alpha value is -2.15. The fourth-order valence-corrected chi connectivity index (χ4v) is 6.00. The molecular formula is C22H24N2O2S2. The van der Waals surface area contributed by atoms with Crippen molar-refractivity contribution in [3.8, 4) is 0 Å². The van der Waals surface area contributed by atoms with Crippen molar-refractivity contribution in [2.75, 3.05) is 18.0 Å². The van der Waals surface area contributed by atoms with E-state index in [1.807, 2.05) is 43.5 Å². The lowest BCUT2D eigenvalue weighted by atomic mass is 10.1. The van der Waals surface area contributed by atoms with Gasteiger partial charge in [-0.05, 0) is 60.5 Å². The van der Waals surface area contributed by atoms with E-state index in [1.54, 1.807) is 17.4 Å². The van der Waals surface area contributed by atoms with Crippen molar-refractivity contribution in [3.05, 3.63) is 81.5 Å². The molecule has 3 aromatic rings. The average Bonchev–Trinajstić information content (AvgIpc) is 3.35. The van der Waals surface area contributed by atoms with Gasteiger partial charge in [-0.25, -0.2) is 13.1 Å². The number of para-hydroxylation sites is 1. The molecule has 0 saturated heterocycles. The molecule has 0 unspecified atom stereocenters. The Morgan fingerprint density at radius 2 is 1.93 bits per heavy atom. The van der Waals surface area contributed by atoms with Crippen LogP contribution in [0.2, 0.25) is 0 Å². The summed E-state index contributed by atoms with van der Waals surface area (Å²) in [6.07, 6.45) is 0.988. The van der Waals surface area contributed by atoms with E-state index in [-0.39, 0.29) is 6.04 Å². The van der Waals surface area contributed by atoms with Gasteiger partial charge in [0.05, 0.1) is 10.9 Å². The Morgan fingerprint density at radius 1 is 1.11 bits per heavy atom. The standard InChI is InChI=1S/C22H24N2O2S2/c1-16-9-10-17(2)22(14-16)28(25,26)23-15-20(21-8-5-13-27-21)24-12-11-18-6-3-4-7-19(18)24/h3-10,13-14,20,23H,11-12,15H2,1-2H3/t20-/m0/s1. The molecule has 0 bridgehead atoms. The number of hydrogen-bond acceptors (Lipinski definition) is 4. The van der Waals surface area contributed by atoms with Crippen LogP contribution in [-0.2, 0) is 16.4 Å². The van der Waals surface area contributed by atoms with Crippen LogP contribution in [0.1, 0.15) is 27.6 Å². The van der Waals surface area contributed by atoms with Crippen LogP contribution in [0.25, 0.3) is 0 Å². The third-order valence-electron chi connectivity index (χ3n) is 5.27. The zero-order chi connectivity index (χ0) is 19.7. The maximum absolute atomic E-state index is 13.0. The van der Waals surface area contributed by atoms with Crippen LogP contribution in [0.15, 0.2) is 64.9 Å². The summed E-state index contributed by atoms with van der Waals surface area (Å²) in [4.78, 5) is 3.85. The maximum atomic E-state index is 13.0. The van der Waals surface area contributed by atoms with Crippen molar-refractivity contribution in [1.29, 1.82) is 0 Å². The number of nitrogens with zero attached hydrogens (tertiary/aromatic N) is 1. The highest BCUT2D eigenvalue weighted by atomic mass is 32.2. The first kappa shape index (κ1) is 19.2. The quantitative estimate of drug-likeness (QED) is 0.651. The Bertz CT molecular complexity index is 1080. The van der Waals surface area contributed by atoms with Crippen molar-refractivity contribution in [2.24, 2.45) is 0 Å². The lowest BCUT2D eigenvalue weighted by molar-refractivity contribution is 0.564. The number of fused-ring (bicyclic) bond motifs is 1. The fourth-order valence-electron chi connectivity index (χ4n) is 3.80. The summed E-state index contributed by atoms with van der Waals surface area (Å²) in [5.41, 5.74) is 4.22. The molecule has 2 aromatic carbocycles. The number of sulfonamides is 1. The third kappa shape index (κ3) is 3.72. The Kier molecular flexibility index (Phi) is 5.27. The number of nitrogens with one attached hydrogen (secondary N) is 1. The van der Waals surface area contributed by atoms with Crippen LogP contribution in [0.5, 0.6) is 0 Å². The minimum Gasteiger partial charge on any atom is -0.362 e. The molecule has 0 spiro atoms. The molecule has 0 amide bonds. The van der Waals surface area contributed by atoms with Gasteiger partial charge in [0.2, 0.25) is 10.0 Å². The molecule has 28 heavy (non-hydrogen) atoms. The first-order chi connectivity index (χ1) is 13.5. The number of hydrogen-bond donors (Lipinski definition) is 1. The molecule has 146 valence electrons. The number of thiophene rings is 1. The molecule has 1 atom stereocenters. The van der Waals surface area contributed by atoms with Crippen LogP contribution in [-0.4, -0.2) is 21.5 Å². The Morgan fingerprint density at radius 3 is 2.71 bits per heavy atom. The lowest BCUT2D eigenvalue weighted by Crippen LogP contribution is -2.37. The van der Waals surface area contributed by atoms with Gasteiger partial charge in [0, 0.05) is 23.7 Å². The molecule has 4 nitrogen and oxygen atoms in total. The Labute approximate surface area is 170 Å². The highest BCUT2D eigenvalue weighted by Gasteiger charge is 2.29. The normalized spacial score (nSPS) is 14.9. The molecule has 2 heterocycles. The van der Waals surface area contributed by atoms with Crippen molar-refractivity contribution in [2.45, 2.75) is 31.2 Å². The summed E-state index contributed by atoms with van der Waals surface area (Å²) < 4.78 is 28.9. The molecule has 6 heteroatoms. The topological polar surface area (TPSA) is 49.4 Å². The molecule has 0 saturated carbocycles. The van der Waals surface area contributed by atoms with Crippen LogP contribution in [0, 0.1) is 13.8 Å². The fraction of sp³-hybridized carbons (Fsp3) is 0.273. The van der Waals surface area contributed by atoms with E-state index in [2.05, 4.69) is 33.9 Å². The third-order valence-corrected chi connectivity index (χ3v) is 7.81. The molecule has 4 rings (SSSR count). The van der Waals surface area contributed by atoms with Crippen LogP contribution in [0.4, 0.5) is 5.69 Å². The van der Waals surface area contributed by atoms with Gasteiger partial charge in [0.25, 0.3) is 0 Å². The zero-order valence-corrected chi connectivity index (χ0v) is 17.7. The predicted molar refractivity (Wildman–Crippen MR) is 116 cm³/mol. The van der Waals surface area contributed by atoms with E-state index in [9.17, 15) is 8.42 Å². The lowest BCUT2D eigenvalue weighted by Gasteiger charge is -2.30. The number of benzene rings is 2. The van der Waals surface area contributed by atoms with E-state index >= 15 is 0 Å². The first-order valence-corrected chi connectivity index (χ1v) is 11.8. The van der Waals surface area contributed by atoms with E-state index in [1.165, 1.54) is 16.1 Å². The van der Waals surface area contributed by atoms with Gasteiger partial charge in [-0.2, -0.15) is 0 Å². The number of aryl methyl sites for hydroxylation is 2. The molecule has 1 aliphatic rings. The summed E-state index contributed by atoms with van der Waals surface area (Å²) >= 11 is 1.67. The first-order valence-electron chi connectivity index (χ1n) is 9.40. The molecule has 0 fully saturated rings. The molecular weight excluding hydrogens is 388 g/mol. The van der Waals surface area contributed by atoms with Gasteiger partial charge >= 0.3 is 0 Å². The summed E-state index contributed by atoms with van der Waals surface area (Å²) in [6, 6.07) is 18.0. The second-order valence-electron chi connectivity index (χ2n) is 7.22. The summed E-state index contributed by atoms with van der Waals surface area (Å²) in [6.45, 7) is 4.98. The van der Waals surface area contributed by atoms with Crippen LogP contribution >= 0.6 is 11.3 Å². The smallest absolute Gasteiger partial charge is 0.240 e. The summed E-state index contributed by atoms with van der Waals surface area (Å²) in [5.74, 6) is 0. The number of rotatable bonds is 6. The second-order valence-corrected chi connectivity index (χ2v) is 9.94. The average molecular weight is 413 g/mol. The Balaban J connectivity index is 1.62. The van der Waals surface area contributed by atoms with Crippen molar-refractivity contribution in [1.82, 2.24) is 4.72 Å². The summed E-state index contributed by atoms with van der Waals surface area (Å²) in [7, 11) is -3.58. The van der Waals surface area contributed by atoms with E-state index in [0.717, 1.165) is 24.1 Å². The molecule has 1 N–H and O–H groups in total. The molecule has 1 aliphatic heterocycles. The maximum Gasteiger partial charge on any atom is 0.240 e. The van der Waals surface area contributed by atoms with Gasteiger partial charge in [0.15, 0.2) is 0 Å². The van der Waals surface area contributed by atoms with Crippen molar-refractivity contribution in [3.63, 3.8) is 0 Å². The minimum atomic E-state index is -3.58.